The van der Waals surface area contributed by atoms with Crippen molar-refractivity contribution in [2.24, 2.45) is 5.73 Å². The van der Waals surface area contributed by atoms with Gasteiger partial charge in [-0.05, 0) is 24.3 Å². The molecule has 0 aliphatic heterocycles. The van der Waals surface area contributed by atoms with Crippen LogP contribution in [0, 0.1) is 5.41 Å². The van der Waals surface area contributed by atoms with Gasteiger partial charge in [0.1, 0.15) is 23.7 Å². The van der Waals surface area contributed by atoms with E-state index in [4.69, 9.17) is 11.1 Å². The number of amidine groups is 1. The summed E-state index contributed by atoms with van der Waals surface area (Å²) in [6, 6.07) is 6.01. The maximum Gasteiger partial charge on any atom is 0.269 e. The Morgan fingerprint density at radius 3 is 2.62 bits per heavy atom. The van der Waals surface area contributed by atoms with Crippen LogP contribution in [-0.2, 0) is 4.79 Å². The minimum atomic E-state index is -0.853. The number of amides is 2. The molecule has 8 nitrogen and oxygen atoms in total. The first kappa shape index (κ1) is 14.4. The highest BCUT2D eigenvalue weighted by molar-refractivity contribution is 5.93. The van der Waals surface area contributed by atoms with Gasteiger partial charge in [0.2, 0.25) is 6.41 Å². The predicted molar refractivity (Wildman–Crippen MR) is 76.6 cm³/mol. The highest BCUT2D eigenvalue weighted by Gasteiger charge is 2.27. The summed E-state index contributed by atoms with van der Waals surface area (Å²) in [5, 5.41) is 12.8. The van der Waals surface area contributed by atoms with Gasteiger partial charge in [-0.25, -0.2) is 0 Å². The molecule has 0 saturated heterocycles. The van der Waals surface area contributed by atoms with E-state index >= 15 is 0 Å². The van der Waals surface area contributed by atoms with Crippen LogP contribution in [0.2, 0.25) is 0 Å². The molecular weight excluding hydrogens is 272 g/mol. The van der Waals surface area contributed by atoms with Crippen molar-refractivity contribution in [3.05, 3.63) is 48.5 Å². The Morgan fingerprint density at radius 1 is 1.38 bits per heavy atom. The van der Waals surface area contributed by atoms with Gasteiger partial charge in [-0.15, -0.1) is 0 Å². The molecule has 0 bridgehead atoms. The van der Waals surface area contributed by atoms with E-state index in [1.165, 1.54) is 0 Å². The second kappa shape index (κ2) is 6.42. The molecule has 2 atom stereocenters. The molecular formula is C13H16N6O2. The third kappa shape index (κ3) is 3.30. The van der Waals surface area contributed by atoms with Crippen molar-refractivity contribution in [1.29, 1.82) is 5.41 Å². The Labute approximate surface area is 120 Å². The summed E-state index contributed by atoms with van der Waals surface area (Å²) in [5.41, 5.74) is 5.89. The summed E-state index contributed by atoms with van der Waals surface area (Å²) in [6.45, 7) is 0. The molecule has 6 N–H and O–H groups in total. The standard InChI is InChI=1S/C13H16N6O2/c14-11(15)10(17-8-20)12(19-6-1-2-7-19)18-13(21)9-4-3-5-16-9/h1-8,10,12,16H,(H3,14,15)(H,17,20)(H,18,21). The van der Waals surface area contributed by atoms with E-state index < -0.39 is 12.2 Å². The number of aromatic amines is 1. The Morgan fingerprint density at radius 2 is 2.10 bits per heavy atom. The zero-order valence-corrected chi connectivity index (χ0v) is 11.1. The fourth-order valence-electron chi connectivity index (χ4n) is 1.97. The molecule has 2 aromatic heterocycles. The van der Waals surface area contributed by atoms with Crippen LogP contribution < -0.4 is 16.4 Å². The lowest BCUT2D eigenvalue weighted by atomic mass is 10.2. The average molecular weight is 288 g/mol. The fraction of sp³-hybridized carbons (Fsp3) is 0.154. The molecule has 0 spiro atoms. The summed E-state index contributed by atoms with van der Waals surface area (Å²) in [7, 11) is 0. The molecule has 0 fully saturated rings. The Hall–Kier alpha value is -3.03. The second-order valence-corrected chi connectivity index (χ2v) is 4.35. The first-order chi connectivity index (χ1) is 10.1. The lowest BCUT2D eigenvalue weighted by Crippen LogP contribution is -2.52. The van der Waals surface area contributed by atoms with E-state index in [-0.39, 0.29) is 11.7 Å². The van der Waals surface area contributed by atoms with Crippen LogP contribution in [0.4, 0.5) is 0 Å². The molecule has 2 unspecified atom stereocenters. The monoisotopic (exact) mass is 288 g/mol. The van der Waals surface area contributed by atoms with Gasteiger partial charge >= 0.3 is 0 Å². The maximum atomic E-state index is 12.2. The van der Waals surface area contributed by atoms with Crippen LogP contribution in [0.5, 0.6) is 0 Å². The second-order valence-electron chi connectivity index (χ2n) is 4.35. The highest BCUT2D eigenvalue weighted by atomic mass is 16.2. The van der Waals surface area contributed by atoms with Gasteiger partial charge in [0.05, 0.1) is 0 Å². The molecule has 21 heavy (non-hydrogen) atoms. The number of carbonyl (C=O) groups is 2. The Kier molecular flexibility index (Phi) is 4.39. The lowest BCUT2D eigenvalue weighted by molar-refractivity contribution is -0.110. The van der Waals surface area contributed by atoms with Crippen LogP contribution >= 0.6 is 0 Å². The molecule has 0 aliphatic rings. The van der Waals surface area contributed by atoms with Crippen molar-refractivity contribution < 1.29 is 9.59 Å². The number of nitrogens with two attached hydrogens (primary N) is 1. The van der Waals surface area contributed by atoms with E-state index in [2.05, 4.69) is 15.6 Å². The number of hydrogen-bond donors (Lipinski definition) is 5. The highest BCUT2D eigenvalue weighted by Crippen LogP contribution is 2.10. The summed E-state index contributed by atoms with van der Waals surface area (Å²) < 4.78 is 1.66. The van der Waals surface area contributed by atoms with E-state index in [9.17, 15) is 9.59 Å². The van der Waals surface area contributed by atoms with Gasteiger partial charge in [0.15, 0.2) is 0 Å². The summed E-state index contributed by atoms with van der Waals surface area (Å²) >= 11 is 0. The van der Waals surface area contributed by atoms with Gasteiger partial charge in [-0.2, -0.15) is 0 Å². The molecule has 0 radical (unpaired) electrons. The van der Waals surface area contributed by atoms with Gasteiger partial charge in [0, 0.05) is 18.6 Å². The molecule has 110 valence electrons. The van der Waals surface area contributed by atoms with Gasteiger partial charge in [-0.3, -0.25) is 15.0 Å². The molecule has 0 saturated carbocycles. The SMILES string of the molecule is N=C(N)C(NC=O)C(NC(=O)c1ccc[nH]1)n1cccc1. The summed E-state index contributed by atoms with van der Waals surface area (Å²) in [5.74, 6) is -0.620. The van der Waals surface area contributed by atoms with Gasteiger partial charge < -0.3 is 25.9 Å². The van der Waals surface area contributed by atoms with Crippen LogP contribution in [0.25, 0.3) is 0 Å². The number of H-pyrrole nitrogens is 1. The van der Waals surface area contributed by atoms with Crippen molar-refractivity contribution >= 4 is 18.2 Å². The number of nitrogens with zero attached hydrogens (tertiary/aromatic N) is 1. The van der Waals surface area contributed by atoms with Crippen LogP contribution in [0.1, 0.15) is 16.7 Å². The lowest BCUT2D eigenvalue weighted by Gasteiger charge is -2.28. The molecule has 2 aromatic rings. The average Bonchev–Trinajstić information content (AvgIpc) is 3.14. The van der Waals surface area contributed by atoms with Gasteiger partial charge in [0.25, 0.3) is 5.91 Å². The van der Waals surface area contributed by atoms with Crippen LogP contribution in [0.3, 0.4) is 0 Å². The molecule has 2 rings (SSSR count). The number of nitrogens with one attached hydrogen (secondary N) is 4. The number of rotatable bonds is 7. The molecule has 8 heteroatoms. The molecule has 0 aliphatic carbocycles. The van der Waals surface area contributed by atoms with Gasteiger partial charge in [-0.1, -0.05) is 0 Å². The van der Waals surface area contributed by atoms with Crippen molar-refractivity contribution in [2.45, 2.75) is 12.2 Å². The quantitative estimate of drug-likeness (QED) is 0.275. The van der Waals surface area contributed by atoms with Crippen LogP contribution in [-0.4, -0.2) is 33.7 Å². The zero-order valence-electron chi connectivity index (χ0n) is 11.1. The van der Waals surface area contributed by atoms with Crippen molar-refractivity contribution in [3.8, 4) is 0 Å². The van der Waals surface area contributed by atoms with E-state index in [0.717, 1.165) is 0 Å². The van der Waals surface area contributed by atoms with Crippen LogP contribution in [0.15, 0.2) is 42.9 Å². The predicted octanol–water partition coefficient (Wildman–Crippen LogP) is -0.205. The van der Waals surface area contributed by atoms with Crippen molar-refractivity contribution in [3.63, 3.8) is 0 Å². The first-order valence-electron chi connectivity index (χ1n) is 6.24. The summed E-state index contributed by atoms with van der Waals surface area (Å²) in [4.78, 5) is 25.7. The topological polar surface area (TPSA) is 129 Å². The third-order valence-electron chi connectivity index (χ3n) is 2.97. The Balaban J connectivity index is 2.26. The van der Waals surface area contributed by atoms with E-state index in [1.807, 2.05) is 0 Å². The fourth-order valence-corrected chi connectivity index (χ4v) is 1.97. The largest absolute Gasteiger partial charge is 0.386 e. The first-order valence-corrected chi connectivity index (χ1v) is 6.24. The molecule has 2 heterocycles. The maximum absolute atomic E-state index is 12.2. The Bertz CT molecular complexity index is 605. The smallest absolute Gasteiger partial charge is 0.269 e. The minimum Gasteiger partial charge on any atom is -0.386 e. The number of aromatic nitrogens is 2. The molecule has 2 amide bonds. The van der Waals surface area contributed by atoms with Crippen molar-refractivity contribution in [2.75, 3.05) is 0 Å². The van der Waals surface area contributed by atoms with E-state index in [1.54, 1.807) is 47.4 Å². The molecule has 0 aromatic carbocycles. The zero-order chi connectivity index (χ0) is 15.2. The van der Waals surface area contributed by atoms with E-state index in [0.29, 0.717) is 12.1 Å². The normalized spacial score (nSPS) is 13.1. The number of carbonyl (C=O) groups excluding carboxylic acids is 2. The summed E-state index contributed by atoms with van der Waals surface area (Å²) in [6.07, 6.45) is 4.79. The third-order valence-corrected chi connectivity index (χ3v) is 2.97. The number of hydrogen-bond acceptors (Lipinski definition) is 3. The van der Waals surface area contributed by atoms with Crippen molar-refractivity contribution in [1.82, 2.24) is 20.2 Å². The minimum absolute atomic E-state index is 0.257.